The van der Waals surface area contributed by atoms with E-state index in [1.165, 1.54) is 22.3 Å². The van der Waals surface area contributed by atoms with Crippen LogP contribution in [0.3, 0.4) is 0 Å². The maximum Gasteiger partial charge on any atom is 0.161 e. The van der Waals surface area contributed by atoms with Gasteiger partial charge in [-0.2, -0.15) is 0 Å². The molecular weight excluding hydrogens is 685 g/mol. The van der Waals surface area contributed by atoms with Gasteiger partial charge in [-0.15, -0.1) is 0 Å². The van der Waals surface area contributed by atoms with Gasteiger partial charge in [0.15, 0.2) is 23.0 Å². The van der Waals surface area contributed by atoms with Gasteiger partial charge in [0.2, 0.25) is 0 Å². The molecule has 55 heavy (non-hydrogen) atoms. The van der Waals surface area contributed by atoms with Crippen molar-refractivity contribution >= 4 is 0 Å². The Morgan fingerprint density at radius 3 is 1.47 bits per heavy atom. The van der Waals surface area contributed by atoms with E-state index in [1.807, 2.05) is 39.8 Å². The standard InChI is InChI=1S/C32H46O4.C15H22O2.C2H6/c1-9-13-34-27-16-22-24(18-26(27)33-12-4)32(20-30(22,5)6)21-31(7,8)23-17-28(35-14-10-2)29(19-25(23)32)36-15-11-3;1-9(2)12-8-15(4,5)17-14-6-10(3)13(16)7-11(12)14;1-2/h16-19H,9-15,20-21H2,1-8H3;6-7,9,12,16H,8H2,1-5H3;1-2H3. The summed E-state index contributed by atoms with van der Waals surface area (Å²) in [6.07, 6.45) is 6.02. The number of phenolic OH excluding ortho intramolecular Hbond substituents is 1. The third-order valence-corrected chi connectivity index (χ3v) is 11.5. The minimum atomic E-state index is -0.120. The molecule has 3 aliphatic rings. The zero-order chi connectivity index (χ0) is 40.9. The Morgan fingerprint density at radius 1 is 0.655 bits per heavy atom. The summed E-state index contributed by atoms with van der Waals surface area (Å²) in [6.45, 7) is 35.3. The quantitative estimate of drug-likeness (QED) is 0.198. The lowest BCUT2D eigenvalue weighted by atomic mass is 9.72. The fraction of sp³-hybridized carbons (Fsp3) is 0.633. The molecule has 2 aliphatic carbocycles. The van der Waals surface area contributed by atoms with Crippen molar-refractivity contribution in [2.24, 2.45) is 5.92 Å². The largest absolute Gasteiger partial charge is 0.508 e. The van der Waals surface area contributed by atoms with E-state index in [0.29, 0.717) is 44.0 Å². The predicted molar refractivity (Wildman–Crippen MR) is 229 cm³/mol. The second kappa shape index (κ2) is 17.7. The third-order valence-electron chi connectivity index (χ3n) is 11.5. The molecule has 0 aromatic heterocycles. The first-order valence-electron chi connectivity index (χ1n) is 21.3. The van der Waals surface area contributed by atoms with E-state index in [2.05, 4.69) is 100 Å². The van der Waals surface area contributed by atoms with Crippen molar-refractivity contribution in [3.05, 3.63) is 69.8 Å². The summed E-state index contributed by atoms with van der Waals surface area (Å²) in [5.41, 5.74) is 7.38. The zero-order valence-corrected chi connectivity index (χ0v) is 37.2. The molecule has 6 rings (SSSR count). The average Bonchev–Trinajstić information content (AvgIpc) is 3.48. The minimum absolute atomic E-state index is 0.0177. The summed E-state index contributed by atoms with van der Waals surface area (Å²) in [6, 6.07) is 13.0. The number of fused-ring (bicyclic) bond motifs is 5. The van der Waals surface area contributed by atoms with Crippen LogP contribution in [0.15, 0.2) is 36.4 Å². The lowest BCUT2D eigenvalue weighted by Crippen LogP contribution is -2.36. The number of aryl methyl sites for hydroxylation is 1. The Bertz CT molecular complexity index is 1750. The summed E-state index contributed by atoms with van der Waals surface area (Å²) in [4.78, 5) is 0. The highest BCUT2D eigenvalue weighted by molar-refractivity contribution is 5.66. The number of hydrogen-bond acceptors (Lipinski definition) is 6. The van der Waals surface area contributed by atoms with Crippen molar-refractivity contribution in [3.8, 4) is 34.5 Å². The van der Waals surface area contributed by atoms with Gasteiger partial charge in [0, 0.05) is 11.0 Å². The first-order chi connectivity index (χ1) is 25.9. The molecule has 0 amide bonds. The first-order valence-corrected chi connectivity index (χ1v) is 21.3. The molecule has 0 radical (unpaired) electrons. The smallest absolute Gasteiger partial charge is 0.161 e. The number of ether oxygens (including phenoxy) is 5. The van der Waals surface area contributed by atoms with Crippen LogP contribution in [0.5, 0.6) is 34.5 Å². The SMILES string of the molecule is CC.CCCOc1cc2c(cc1OCC)C1(CC2(C)C)CC(C)(C)c2cc(OCCC)c(OCCC)cc21.Cc1cc2c(cc1O)C(C(C)C)CC(C)(C)O2. The van der Waals surface area contributed by atoms with Crippen molar-refractivity contribution in [2.75, 3.05) is 26.4 Å². The summed E-state index contributed by atoms with van der Waals surface area (Å²) >= 11 is 0. The van der Waals surface area contributed by atoms with Crippen LogP contribution in [0.4, 0.5) is 0 Å². The number of aromatic hydroxyl groups is 1. The summed E-state index contributed by atoms with van der Waals surface area (Å²) < 4.78 is 30.8. The molecule has 1 spiro atoms. The molecule has 0 bridgehead atoms. The molecular formula is C49H74O6. The number of phenols is 1. The van der Waals surface area contributed by atoms with E-state index in [0.717, 1.165) is 78.4 Å². The molecule has 3 aromatic carbocycles. The molecule has 0 saturated heterocycles. The van der Waals surface area contributed by atoms with Gasteiger partial charge < -0.3 is 28.8 Å². The van der Waals surface area contributed by atoms with E-state index in [4.69, 9.17) is 23.7 Å². The van der Waals surface area contributed by atoms with Crippen molar-refractivity contribution in [1.29, 1.82) is 0 Å². The van der Waals surface area contributed by atoms with Crippen molar-refractivity contribution in [2.45, 2.75) is 170 Å². The van der Waals surface area contributed by atoms with Crippen LogP contribution >= 0.6 is 0 Å². The number of rotatable bonds is 12. The molecule has 0 saturated carbocycles. The van der Waals surface area contributed by atoms with Gasteiger partial charge >= 0.3 is 0 Å². The highest BCUT2D eigenvalue weighted by Crippen LogP contribution is 2.65. The maximum absolute atomic E-state index is 9.85. The maximum atomic E-state index is 9.85. The van der Waals surface area contributed by atoms with Crippen LogP contribution < -0.4 is 23.7 Å². The van der Waals surface area contributed by atoms with Gasteiger partial charge in [-0.3, -0.25) is 0 Å². The van der Waals surface area contributed by atoms with Crippen LogP contribution in [-0.2, 0) is 16.2 Å². The molecule has 6 nitrogen and oxygen atoms in total. The summed E-state index contributed by atoms with van der Waals surface area (Å²) in [5.74, 6) is 5.81. The second-order valence-electron chi connectivity index (χ2n) is 18.0. The van der Waals surface area contributed by atoms with Crippen LogP contribution in [0.25, 0.3) is 0 Å². The average molecular weight is 759 g/mol. The van der Waals surface area contributed by atoms with Crippen molar-refractivity contribution < 1.29 is 28.8 Å². The van der Waals surface area contributed by atoms with Crippen LogP contribution in [0.1, 0.15) is 175 Å². The van der Waals surface area contributed by atoms with Crippen LogP contribution in [-0.4, -0.2) is 37.1 Å². The Labute approximate surface area is 334 Å². The Morgan fingerprint density at radius 2 is 1.07 bits per heavy atom. The highest BCUT2D eigenvalue weighted by Gasteiger charge is 2.57. The lowest BCUT2D eigenvalue weighted by molar-refractivity contribution is 0.0637. The van der Waals surface area contributed by atoms with E-state index >= 15 is 0 Å². The Kier molecular flexibility index (Phi) is 14.2. The van der Waals surface area contributed by atoms with Crippen molar-refractivity contribution in [3.63, 3.8) is 0 Å². The topological polar surface area (TPSA) is 66.4 Å². The van der Waals surface area contributed by atoms with Crippen LogP contribution in [0, 0.1) is 12.8 Å². The van der Waals surface area contributed by atoms with Gasteiger partial charge in [0.05, 0.1) is 26.4 Å². The monoisotopic (exact) mass is 759 g/mol. The molecule has 1 heterocycles. The lowest BCUT2D eigenvalue weighted by Gasteiger charge is -2.39. The Hall–Kier alpha value is -3.54. The molecule has 1 N–H and O–H groups in total. The van der Waals surface area contributed by atoms with Crippen LogP contribution in [0.2, 0.25) is 0 Å². The van der Waals surface area contributed by atoms with Gasteiger partial charge in [0.1, 0.15) is 17.1 Å². The molecule has 1 aliphatic heterocycles. The minimum Gasteiger partial charge on any atom is -0.508 e. The molecule has 2 atom stereocenters. The van der Waals surface area contributed by atoms with Crippen molar-refractivity contribution in [1.82, 2.24) is 0 Å². The van der Waals surface area contributed by atoms with Gasteiger partial charge in [-0.05, 0) is 153 Å². The normalized spacial score (nSPS) is 20.5. The Balaban J connectivity index is 0.000000295. The van der Waals surface area contributed by atoms with E-state index in [1.54, 1.807) is 0 Å². The van der Waals surface area contributed by atoms with Gasteiger partial charge in [-0.25, -0.2) is 0 Å². The van der Waals surface area contributed by atoms with E-state index in [-0.39, 0.29) is 21.8 Å². The fourth-order valence-electron chi connectivity index (χ4n) is 9.20. The molecule has 0 fully saturated rings. The fourth-order valence-corrected chi connectivity index (χ4v) is 9.20. The third kappa shape index (κ3) is 9.21. The molecule has 306 valence electrons. The molecule has 3 aromatic rings. The van der Waals surface area contributed by atoms with E-state index < -0.39 is 0 Å². The number of benzene rings is 3. The zero-order valence-electron chi connectivity index (χ0n) is 37.2. The number of hydrogen-bond donors (Lipinski definition) is 1. The van der Waals surface area contributed by atoms with Gasteiger partial charge in [0.25, 0.3) is 0 Å². The highest BCUT2D eigenvalue weighted by atomic mass is 16.5. The van der Waals surface area contributed by atoms with Gasteiger partial charge in [-0.1, -0.05) is 76.2 Å². The summed E-state index contributed by atoms with van der Waals surface area (Å²) in [7, 11) is 0. The summed E-state index contributed by atoms with van der Waals surface area (Å²) in [5, 5.41) is 9.85. The molecule has 2 unspecified atom stereocenters. The molecule has 6 heteroatoms. The second-order valence-corrected chi connectivity index (χ2v) is 18.0. The first kappa shape index (κ1) is 44.2. The predicted octanol–water partition coefficient (Wildman–Crippen LogP) is 13.1. The van der Waals surface area contributed by atoms with E-state index in [9.17, 15) is 5.11 Å².